The Labute approximate surface area is 89.8 Å². The van der Waals surface area contributed by atoms with E-state index in [2.05, 4.69) is 34.6 Å². The van der Waals surface area contributed by atoms with Gasteiger partial charge in [-0.05, 0) is 0 Å². The van der Waals surface area contributed by atoms with Gasteiger partial charge in [-0.1, -0.05) is 34.6 Å². The number of hydrogen-bond acceptors (Lipinski definition) is 1. The van der Waals surface area contributed by atoms with Crippen LogP contribution in [-0.2, 0) is 16.5 Å². The van der Waals surface area contributed by atoms with Crippen molar-refractivity contribution in [3.63, 3.8) is 0 Å². The average Bonchev–Trinajstić information content (AvgIpc) is 2.27. The molecule has 0 aromatic heterocycles. The standard InChI is InChI=1S/C10H15.NO.Ni/c1-6-7(2)9(4)10(5)8(6)3;1-2;/h1-5H3;;/q2*-1;. The fourth-order valence-corrected chi connectivity index (χ4v) is 1.41. The van der Waals surface area contributed by atoms with E-state index in [1.54, 1.807) is 0 Å². The van der Waals surface area contributed by atoms with Crippen molar-refractivity contribution < 1.29 is 16.5 Å². The Morgan fingerprint density at radius 1 is 0.923 bits per heavy atom. The largest absolute Gasteiger partial charge is 0.577 e. The van der Waals surface area contributed by atoms with E-state index in [-0.39, 0.29) is 16.5 Å². The topological polar surface area (TPSA) is 39.4 Å². The van der Waals surface area contributed by atoms with Crippen LogP contribution >= 0.6 is 0 Å². The van der Waals surface area contributed by atoms with E-state index in [0.29, 0.717) is 0 Å². The molecule has 0 atom stereocenters. The first-order chi connectivity index (χ1) is 5.55. The Balaban J connectivity index is 0. The van der Waals surface area contributed by atoms with E-state index in [0.717, 1.165) is 0 Å². The minimum atomic E-state index is 0. The summed E-state index contributed by atoms with van der Waals surface area (Å²) in [7, 11) is 0. The van der Waals surface area contributed by atoms with Gasteiger partial charge in [-0.25, -0.2) is 0 Å². The molecule has 1 aromatic rings. The molecule has 0 aliphatic carbocycles. The van der Waals surface area contributed by atoms with Crippen molar-refractivity contribution in [1.82, 2.24) is 0 Å². The zero-order valence-corrected chi connectivity index (χ0v) is 9.66. The van der Waals surface area contributed by atoms with E-state index in [1.165, 1.54) is 27.8 Å². The Bertz CT molecular complexity index is 199. The molecule has 78 valence electrons. The number of nitrogens with zero attached hydrogens (tertiary/aromatic N) is 1. The third-order valence-corrected chi connectivity index (χ3v) is 2.81. The van der Waals surface area contributed by atoms with Crippen LogP contribution in [0, 0.1) is 39.5 Å². The van der Waals surface area contributed by atoms with Crippen molar-refractivity contribution in [2.75, 3.05) is 0 Å². The van der Waals surface area contributed by atoms with Gasteiger partial charge >= 0.3 is 0 Å². The van der Waals surface area contributed by atoms with Crippen LogP contribution in [0.15, 0.2) is 0 Å². The molecule has 0 bridgehead atoms. The van der Waals surface area contributed by atoms with Crippen LogP contribution in [0.3, 0.4) is 0 Å². The predicted octanol–water partition coefficient (Wildman–Crippen LogP) is 3.27. The molecule has 0 fully saturated rings. The normalized spacial score (nSPS) is 8.38. The maximum atomic E-state index is 7.25. The van der Waals surface area contributed by atoms with Crippen LogP contribution in [0.2, 0.25) is 0 Å². The Hall–Kier alpha value is -0.556. The fourth-order valence-electron chi connectivity index (χ4n) is 1.41. The van der Waals surface area contributed by atoms with E-state index in [9.17, 15) is 0 Å². The summed E-state index contributed by atoms with van der Waals surface area (Å²) in [6.45, 7) is 11.0. The van der Waals surface area contributed by atoms with Crippen LogP contribution < -0.4 is 0 Å². The monoisotopic (exact) mass is 223 g/mol. The van der Waals surface area contributed by atoms with E-state index in [1.807, 2.05) is 0 Å². The van der Waals surface area contributed by atoms with Gasteiger partial charge in [-0.3, -0.25) is 0 Å². The molecule has 0 radical (unpaired) electrons. The second-order valence-electron chi connectivity index (χ2n) is 3.12. The molecular weight excluding hydrogens is 209 g/mol. The maximum Gasteiger partial charge on any atom is 0 e. The fraction of sp³-hybridized carbons (Fsp3) is 0.500. The molecule has 0 spiro atoms. The molecular formula is C10H15NNiO-2. The summed E-state index contributed by atoms with van der Waals surface area (Å²) in [6, 6.07) is 0. The summed E-state index contributed by atoms with van der Waals surface area (Å²) >= 11 is 0. The van der Waals surface area contributed by atoms with Crippen molar-refractivity contribution in [3.8, 4) is 0 Å². The van der Waals surface area contributed by atoms with Crippen molar-refractivity contribution in [1.29, 1.82) is 0 Å². The number of nitroso groups, excluding NO2 is 1. The molecule has 13 heavy (non-hydrogen) atoms. The third kappa shape index (κ3) is 2.70. The molecule has 0 unspecified atom stereocenters. The quantitative estimate of drug-likeness (QED) is 0.492. The van der Waals surface area contributed by atoms with Gasteiger partial charge in [0.25, 0.3) is 0 Å². The van der Waals surface area contributed by atoms with Crippen LogP contribution in [-0.4, -0.2) is 0 Å². The van der Waals surface area contributed by atoms with Crippen LogP contribution in [0.4, 0.5) is 0 Å². The SMILES string of the molecule is Cc1c(C)c(C)[c-](C)c1C.[N-]=O.[Ni]. The number of rotatable bonds is 0. The Kier molecular flexibility index (Phi) is 6.88. The Morgan fingerprint density at radius 3 is 1.23 bits per heavy atom. The maximum absolute atomic E-state index is 7.25. The van der Waals surface area contributed by atoms with E-state index >= 15 is 0 Å². The molecule has 2 nitrogen and oxygen atoms in total. The van der Waals surface area contributed by atoms with Gasteiger partial charge in [0.05, 0.1) is 0 Å². The van der Waals surface area contributed by atoms with Crippen molar-refractivity contribution >= 4 is 0 Å². The van der Waals surface area contributed by atoms with Gasteiger partial charge in [0.2, 0.25) is 0 Å². The summed E-state index contributed by atoms with van der Waals surface area (Å²) in [6.07, 6.45) is 0. The van der Waals surface area contributed by atoms with Crippen molar-refractivity contribution in [2.45, 2.75) is 34.6 Å². The second kappa shape index (κ2) is 5.98. The second-order valence-corrected chi connectivity index (χ2v) is 3.12. The molecule has 0 aliphatic heterocycles. The minimum absolute atomic E-state index is 0. The Morgan fingerprint density at radius 2 is 1.15 bits per heavy atom. The summed E-state index contributed by atoms with van der Waals surface area (Å²) in [5.41, 5.74) is 13.1. The molecule has 0 heterocycles. The molecule has 0 saturated heterocycles. The third-order valence-electron chi connectivity index (χ3n) is 2.81. The van der Waals surface area contributed by atoms with Crippen LogP contribution in [0.25, 0.3) is 5.59 Å². The van der Waals surface area contributed by atoms with Crippen molar-refractivity contribution in [2.24, 2.45) is 0 Å². The summed E-state index contributed by atoms with van der Waals surface area (Å²) < 4.78 is 0. The minimum Gasteiger partial charge on any atom is -0.577 e. The van der Waals surface area contributed by atoms with Gasteiger partial charge < -0.3 is 10.5 Å². The van der Waals surface area contributed by atoms with Gasteiger partial charge in [0, 0.05) is 16.5 Å². The average molecular weight is 224 g/mol. The van der Waals surface area contributed by atoms with Crippen molar-refractivity contribution in [3.05, 3.63) is 38.3 Å². The summed E-state index contributed by atoms with van der Waals surface area (Å²) in [4.78, 5) is 7.25. The van der Waals surface area contributed by atoms with Gasteiger partial charge in [-0.2, -0.15) is 27.8 Å². The zero-order chi connectivity index (χ0) is 9.89. The molecule has 3 heteroatoms. The van der Waals surface area contributed by atoms with Gasteiger partial charge in [-0.15, -0.1) is 0 Å². The molecule has 1 aromatic carbocycles. The molecule has 0 saturated carbocycles. The van der Waals surface area contributed by atoms with Gasteiger partial charge in [0.15, 0.2) is 0 Å². The van der Waals surface area contributed by atoms with E-state index < -0.39 is 0 Å². The predicted molar refractivity (Wildman–Crippen MR) is 52.4 cm³/mol. The van der Waals surface area contributed by atoms with Gasteiger partial charge in [0.1, 0.15) is 0 Å². The molecule has 0 aliphatic rings. The first-order valence-corrected chi connectivity index (χ1v) is 3.93. The first-order valence-electron chi connectivity index (χ1n) is 3.93. The van der Waals surface area contributed by atoms with Crippen LogP contribution in [0.1, 0.15) is 27.8 Å². The first kappa shape index (κ1) is 14.9. The molecule has 0 amide bonds. The van der Waals surface area contributed by atoms with Crippen LogP contribution in [0.5, 0.6) is 0 Å². The summed E-state index contributed by atoms with van der Waals surface area (Å²) in [5.74, 6) is 0. The summed E-state index contributed by atoms with van der Waals surface area (Å²) in [5, 5.41) is 0. The molecule has 0 N–H and O–H groups in total. The molecule has 1 rings (SSSR count). The smallest absolute Gasteiger partial charge is 0 e. The zero-order valence-electron chi connectivity index (χ0n) is 8.67. The van der Waals surface area contributed by atoms with E-state index in [4.69, 9.17) is 10.5 Å². The number of hydrogen-bond donors (Lipinski definition) is 0.